The minimum absolute atomic E-state index is 0.0809. The smallest absolute Gasteiger partial charge is 0.351 e. The molecule has 50 heavy (non-hydrogen) atoms. The van der Waals surface area contributed by atoms with Crippen LogP contribution in [0.5, 0.6) is 0 Å². The first-order chi connectivity index (χ1) is 23.6. The summed E-state index contributed by atoms with van der Waals surface area (Å²) in [6, 6.07) is 7.81. The van der Waals surface area contributed by atoms with Gasteiger partial charge in [0.2, 0.25) is 23.9 Å². The van der Waals surface area contributed by atoms with E-state index in [1.54, 1.807) is 30.3 Å². The predicted molar refractivity (Wildman–Crippen MR) is 172 cm³/mol. The van der Waals surface area contributed by atoms with Crippen molar-refractivity contribution in [3.8, 4) is 0 Å². The van der Waals surface area contributed by atoms with Crippen LogP contribution in [0.2, 0.25) is 0 Å². The molecule has 1 aromatic heterocycles. The highest BCUT2D eigenvalue weighted by Crippen LogP contribution is 2.42. The fraction of sp³-hybridized carbons (Fsp3) is 0.485. The van der Waals surface area contributed by atoms with Crippen LogP contribution in [0.25, 0.3) is 0 Å². The summed E-state index contributed by atoms with van der Waals surface area (Å²) < 4.78 is 40.5. The molecular formula is C33H40F2N6O9. The maximum Gasteiger partial charge on any atom is 0.351 e. The van der Waals surface area contributed by atoms with E-state index in [1.807, 2.05) is 6.92 Å². The molecule has 2 heterocycles. The maximum absolute atomic E-state index is 14.8. The Balaban J connectivity index is 1.36. The second-order valence-electron chi connectivity index (χ2n) is 12.6. The van der Waals surface area contributed by atoms with Gasteiger partial charge in [-0.2, -0.15) is 13.8 Å². The molecule has 2 aromatic rings. The zero-order valence-electron chi connectivity index (χ0n) is 27.5. The van der Waals surface area contributed by atoms with Crippen molar-refractivity contribution < 1.29 is 47.3 Å². The van der Waals surface area contributed by atoms with Crippen LogP contribution in [0.1, 0.15) is 44.9 Å². The van der Waals surface area contributed by atoms with Gasteiger partial charge in [-0.1, -0.05) is 43.8 Å². The molecule has 1 saturated heterocycles. The standard InChI is InChI=1S/C33H40F2N6O9/c1-17(2)29(46)37-15-25(42)38-22(13-19-7-5-4-6-8-19)30(47)39-21-12-18(3)11-20(27(21)44)14-26(43)49-16-23-28(45)33(34,35)31(50-23)41-10-9-24(36)40-32(41)48/h4-10,18,20-23,28,31,45H,1,11-16H2,2-3H3,(H,37,46)(H,38,42)(H,39,47)(H2,36,40,48)/t18?,20?,21?,22?,23-,28?,31?/m0/s1. The molecule has 0 radical (unpaired) electrons. The van der Waals surface area contributed by atoms with Crippen molar-refractivity contribution in [2.45, 2.75) is 76.0 Å². The molecule has 1 aliphatic carbocycles. The molecule has 0 bridgehead atoms. The number of anilines is 1. The van der Waals surface area contributed by atoms with Crippen molar-refractivity contribution in [3.63, 3.8) is 0 Å². The van der Waals surface area contributed by atoms with Crippen LogP contribution in [-0.4, -0.2) is 87.5 Å². The number of nitrogens with one attached hydrogen (secondary N) is 3. The summed E-state index contributed by atoms with van der Waals surface area (Å²) in [5, 5.41) is 17.9. The average Bonchev–Trinajstić information content (AvgIpc) is 3.28. The monoisotopic (exact) mass is 702 g/mol. The molecule has 2 fully saturated rings. The Morgan fingerprint density at radius 2 is 1.88 bits per heavy atom. The first-order valence-corrected chi connectivity index (χ1v) is 15.9. The lowest BCUT2D eigenvalue weighted by Gasteiger charge is -2.33. The number of nitrogens with two attached hydrogens (primary N) is 1. The van der Waals surface area contributed by atoms with Gasteiger partial charge in [-0.05, 0) is 37.3 Å². The zero-order valence-corrected chi connectivity index (χ0v) is 27.5. The topological polar surface area (TPSA) is 221 Å². The summed E-state index contributed by atoms with van der Waals surface area (Å²) >= 11 is 0. The number of ether oxygens (including phenoxy) is 2. The third-order valence-corrected chi connectivity index (χ3v) is 8.42. The molecule has 1 saturated carbocycles. The van der Waals surface area contributed by atoms with Gasteiger partial charge in [0.1, 0.15) is 24.6 Å². The summed E-state index contributed by atoms with van der Waals surface area (Å²) in [5.41, 5.74) is 5.20. The molecule has 7 atom stereocenters. The van der Waals surface area contributed by atoms with E-state index in [4.69, 9.17) is 15.2 Å². The first-order valence-electron chi connectivity index (χ1n) is 15.9. The van der Waals surface area contributed by atoms with Crippen LogP contribution < -0.4 is 27.4 Å². The van der Waals surface area contributed by atoms with E-state index in [9.17, 15) is 42.7 Å². The molecule has 1 aromatic carbocycles. The number of aliphatic hydroxyl groups excluding tert-OH is 1. The van der Waals surface area contributed by atoms with Crippen molar-refractivity contribution in [3.05, 3.63) is 70.8 Å². The Hall–Kier alpha value is -5.03. The summed E-state index contributed by atoms with van der Waals surface area (Å²) in [6.07, 6.45) is -5.26. The van der Waals surface area contributed by atoms with Gasteiger partial charge in [0, 0.05) is 24.1 Å². The molecule has 2 aliphatic rings. The number of alkyl halides is 2. The number of hydrogen-bond acceptors (Lipinski definition) is 11. The number of rotatable bonds is 13. The molecule has 6 unspecified atom stereocenters. The number of amides is 3. The van der Waals surface area contributed by atoms with Gasteiger partial charge >= 0.3 is 17.6 Å². The molecule has 17 heteroatoms. The number of ketones is 1. The number of benzene rings is 1. The Labute approximate surface area is 285 Å². The summed E-state index contributed by atoms with van der Waals surface area (Å²) in [6.45, 7) is 5.61. The van der Waals surface area contributed by atoms with Crippen molar-refractivity contribution in [1.29, 1.82) is 0 Å². The van der Waals surface area contributed by atoms with Crippen molar-refractivity contribution >= 4 is 35.3 Å². The number of aromatic nitrogens is 2. The van der Waals surface area contributed by atoms with Crippen molar-refractivity contribution in [2.75, 3.05) is 18.9 Å². The highest BCUT2D eigenvalue weighted by molar-refractivity contribution is 5.97. The van der Waals surface area contributed by atoms with Crippen molar-refractivity contribution in [2.24, 2.45) is 11.8 Å². The number of Topliss-reactive ketones (excluding diaryl/α,β-unsaturated/α-hetero) is 1. The third-order valence-electron chi connectivity index (χ3n) is 8.42. The van der Waals surface area contributed by atoms with Crippen LogP contribution in [0.3, 0.4) is 0 Å². The molecule has 6 N–H and O–H groups in total. The minimum atomic E-state index is -3.95. The number of carbonyl (C=O) groups is 5. The Morgan fingerprint density at radius 3 is 2.54 bits per heavy atom. The maximum atomic E-state index is 14.8. The summed E-state index contributed by atoms with van der Waals surface area (Å²) in [4.78, 5) is 79.7. The summed E-state index contributed by atoms with van der Waals surface area (Å²) in [5.74, 6) is -8.37. The summed E-state index contributed by atoms with van der Waals surface area (Å²) in [7, 11) is 0. The van der Waals surface area contributed by atoms with Gasteiger partial charge in [-0.25, -0.2) is 4.79 Å². The van der Waals surface area contributed by atoms with Gasteiger partial charge in [-0.15, -0.1) is 0 Å². The van der Waals surface area contributed by atoms with Gasteiger partial charge < -0.3 is 36.3 Å². The molecular weight excluding hydrogens is 662 g/mol. The number of esters is 1. The fourth-order valence-corrected chi connectivity index (χ4v) is 5.85. The molecule has 1 aliphatic heterocycles. The van der Waals surface area contributed by atoms with E-state index in [-0.39, 0.29) is 36.6 Å². The second-order valence-corrected chi connectivity index (χ2v) is 12.6. The Bertz CT molecular complexity index is 1670. The third kappa shape index (κ3) is 9.35. The number of carbonyl (C=O) groups excluding carboxylic acids is 5. The van der Waals surface area contributed by atoms with Crippen LogP contribution in [0.4, 0.5) is 14.6 Å². The fourth-order valence-electron chi connectivity index (χ4n) is 5.85. The van der Waals surface area contributed by atoms with Gasteiger partial charge in [0.25, 0.3) is 0 Å². The Kier molecular flexibility index (Phi) is 12.2. The molecule has 3 amide bonds. The van der Waals surface area contributed by atoms with E-state index in [0.717, 1.165) is 17.8 Å². The van der Waals surface area contributed by atoms with Crippen LogP contribution in [-0.2, 0) is 39.9 Å². The molecule has 270 valence electrons. The molecule has 4 rings (SSSR count). The van der Waals surface area contributed by atoms with Crippen molar-refractivity contribution in [1.82, 2.24) is 25.5 Å². The average molecular weight is 703 g/mol. The number of hydrogen-bond donors (Lipinski definition) is 5. The quantitative estimate of drug-likeness (QED) is 0.140. The van der Waals surface area contributed by atoms with E-state index in [2.05, 4.69) is 27.5 Å². The largest absolute Gasteiger partial charge is 0.463 e. The lowest BCUT2D eigenvalue weighted by molar-refractivity contribution is -0.153. The van der Waals surface area contributed by atoms with E-state index in [0.29, 0.717) is 4.57 Å². The molecule has 15 nitrogen and oxygen atoms in total. The lowest BCUT2D eigenvalue weighted by atomic mass is 9.77. The van der Waals surface area contributed by atoms with Gasteiger partial charge in [0.15, 0.2) is 11.9 Å². The van der Waals surface area contributed by atoms with E-state index >= 15 is 0 Å². The zero-order chi connectivity index (χ0) is 36.7. The molecule has 0 spiro atoms. The predicted octanol–water partition coefficient (Wildman–Crippen LogP) is 0.172. The number of aliphatic hydroxyl groups is 1. The highest BCUT2D eigenvalue weighted by atomic mass is 19.3. The second kappa shape index (κ2) is 16.1. The Morgan fingerprint density at radius 1 is 1.18 bits per heavy atom. The lowest BCUT2D eigenvalue weighted by Crippen LogP contribution is -2.56. The van der Waals surface area contributed by atoms with Crippen LogP contribution in [0, 0.1) is 11.8 Å². The van der Waals surface area contributed by atoms with Gasteiger partial charge in [-0.3, -0.25) is 28.5 Å². The van der Waals surface area contributed by atoms with E-state index < -0.39 is 97.1 Å². The SMILES string of the molecule is C=C(C)C(=O)NCC(=O)NC(Cc1ccccc1)C(=O)NC1CC(C)CC(CC(=O)OC[C@@H]2OC(n3ccc(N)nc3=O)C(F)(F)C2O)C1=O. The first kappa shape index (κ1) is 37.8. The van der Waals surface area contributed by atoms with E-state index in [1.165, 1.54) is 6.92 Å². The minimum Gasteiger partial charge on any atom is -0.463 e. The van der Waals surface area contributed by atoms with Gasteiger partial charge in [0.05, 0.1) is 19.0 Å². The van der Waals surface area contributed by atoms with Crippen LogP contribution in [0.15, 0.2) is 59.5 Å². The normalized spacial score (nSPS) is 24.9. The number of nitrogens with zero attached hydrogens (tertiary/aromatic N) is 2. The number of halogens is 2. The highest BCUT2D eigenvalue weighted by Gasteiger charge is 2.60. The van der Waals surface area contributed by atoms with Crippen LogP contribution >= 0.6 is 0 Å². The number of nitrogen functional groups attached to an aromatic ring is 1.